The third-order valence-corrected chi connectivity index (χ3v) is 17.2. The number of nitro benzene ring substituents is 4. The monoisotopic (exact) mass is 1310 g/mol. The number of fused-ring (bicyclic) bond motifs is 8. The van der Waals surface area contributed by atoms with Crippen molar-refractivity contribution in [2.24, 2.45) is 0 Å². The average molecular weight is 1310 g/mol. The second kappa shape index (κ2) is 32.7. The molecule has 24 heteroatoms. The number of benzene rings is 8. The fourth-order valence-corrected chi connectivity index (χ4v) is 12.7. The van der Waals surface area contributed by atoms with Gasteiger partial charge in [-0.25, -0.2) is 0 Å². The lowest BCUT2D eigenvalue weighted by Crippen LogP contribution is -2.18. The van der Waals surface area contributed by atoms with E-state index in [0.29, 0.717) is 94.4 Å². The number of ether oxygens (including phenoxy) is 8. The Kier molecular flexibility index (Phi) is 23.6. The molecule has 8 bridgehead atoms. The highest BCUT2D eigenvalue weighted by atomic mass is 16.6. The zero-order chi connectivity index (χ0) is 68.4. The van der Waals surface area contributed by atoms with E-state index in [1.807, 2.05) is 24.3 Å². The summed E-state index contributed by atoms with van der Waals surface area (Å²) in [7, 11) is 6.40. The SMILES string of the molecule is CC[C@@H]1c2cc(c(OCCNc3ccccc3[N+](=O)[O-])cc2OC)[C@@H](CC)c2cc(c(OCCNc3ccccc3[N+](=O)[O-])cc2OC)[C@@H](CC)c2cc(c(OCCNc3ccccc3[N+](=O)[O-])cc2OC)[C@H](CC)c2cc1c(OCCNc1ccccc1[N+](=O)[O-])cc2OC. The molecule has 96 heavy (non-hydrogen) atoms. The number of hydrogen-bond donors (Lipinski definition) is 4. The van der Waals surface area contributed by atoms with Gasteiger partial charge in [-0.15, -0.1) is 0 Å². The van der Waals surface area contributed by atoms with Crippen LogP contribution in [0.2, 0.25) is 0 Å². The summed E-state index contributed by atoms with van der Waals surface area (Å²) in [5, 5.41) is 61.0. The lowest BCUT2D eigenvalue weighted by molar-refractivity contribution is -0.384. The van der Waals surface area contributed by atoms with Gasteiger partial charge in [-0.3, -0.25) is 40.5 Å². The normalized spacial score (nSPS) is 14.7. The van der Waals surface area contributed by atoms with Gasteiger partial charge in [0.15, 0.2) is 0 Å². The molecule has 504 valence electrons. The summed E-state index contributed by atoms with van der Waals surface area (Å²) < 4.78 is 53.0. The summed E-state index contributed by atoms with van der Waals surface area (Å²) in [6.07, 6.45) is 2.05. The number of hydrogen-bond acceptors (Lipinski definition) is 20. The maximum Gasteiger partial charge on any atom is 0.292 e. The van der Waals surface area contributed by atoms with E-state index in [4.69, 9.17) is 37.9 Å². The zero-order valence-electron chi connectivity index (χ0n) is 55.0. The predicted octanol–water partition coefficient (Wildman–Crippen LogP) is 15.8. The van der Waals surface area contributed by atoms with Crippen LogP contribution in [0.15, 0.2) is 146 Å². The molecule has 0 saturated heterocycles. The van der Waals surface area contributed by atoms with Crippen LogP contribution < -0.4 is 59.2 Å². The van der Waals surface area contributed by atoms with E-state index in [2.05, 4.69) is 73.2 Å². The Balaban J connectivity index is 1.26. The van der Waals surface area contributed by atoms with Gasteiger partial charge in [-0.2, -0.15) is 0 Å². The summed E-state index contributed by atoms with van der Waals surface area (Å²) >= 11 is 0. The molecular weight excluding hydrogens is 1230 g/mol. The van der Waals surface area contributed by atoms with Crippen molar-refractivity contribution < 1.29 is 57.6 Å². The lowest BCUT2D eigenvalue weighted by atomic mass is 9.77. The minimum Gasteiger partial charge on any atom is -0.496 e. The van der Waals surface area contributed by atoms with Crippen LogP contribution in [0.3, 0.4) is 0 Å². The van der Waals surface area contributed by atoms with Crippen LogP contribution in [-0.2, 0) is 0 Å². The summed E-state index contributed by atoms with van der Waals surface area (Å²) in [5.74, 6) is 2.09. The Hall–Kier alpha value is -11.0. The van der Waals surface area contributed by atoms with Crippen molar-refractivity contribution in [3.63, 3.8) is 0 Å². The summed E-state index contributed by atoms with van der Waals surface area (Å²) in [6.45, 7) is 9.39. The van der Waals surface area contributed by atoms with Crippen LogP contribution in [0.5, 0.6) is 46.0 Å². The van der Waals surface area contributed by atoms with E-state index in [1.54, 1.807) is 101 Å². The largest absolute Gasteiger partial charge is 0.496 e. The fourth-order valence-electron chi connectivity index (χ4n) is 12.7. The molecule has 0 unspecified atom stereocenters. The van der Waals surface area contributed by atoms with Crippen molar-refractivity contribution in [2.75, 3.05) is 102 Å². The summed E-state index contributed by atoms with van der Waals surface area (Å²) in [6, 6.07) is 41.6. The van der Waals surface area contributed by atoms with Crippen LogP contribution in [-0.4, -0.2) is 101 Å². The highest BCUT2D eigenvalue weighted by molar-refractivity contribution is 5.66. The van der Waals surface area contributed by atoms with Gasteiger partial charge in [0.25, 0.3) is 22.7 Å². The molecule has 1 aliphatic rings. The van der Waals surface area contributed by atoms with Crippen molar-refractivity contribution in [1.82, 2.24) is 0 Å². The summed E-state index contributed by atoms with van der Waals surface area (Å²) in [4.78, 5) is 46.5. The van der Waals surface area contributed by atoms with Crippen molar-refractivity contribution >= 4 is 45.5 Å². The van der Waals surface area contributed by atoms with E-state index in [9.17, 15) is 40.5 Å². The standard InChI is InChI=1S/C72H80N8O16/c1-9-45-49-37-54(70(41-65(49)89-5)94-34-30-74-58-22-14-18-26-62(58)78(83)84)47(11-3)51-39-56(72(43-67(51)91-7)96-36-32-76-60-24-16-20-28-64(60)80(87)88)48(12-4)52-40-55(71(44-68(52)92-8)95-35-31-75-59-23-15-19-27-63(59)79(85)86)46(10-2)50-38-53(45)69(42-66(50)90-6)93-33-29-73-57-21-13-17-25-61(57)77(81)82/h13-28,37-48,73-76H,9-12,29-36H2,1-8H3/t45-,46-,47+,48+. The zero-order valence-corrected chi connectivity index (χ0v) is 55.0. The Morgan fingerprint density at radius 1 is 0.302 bits per heavy atom. The van der Waals surface area contributed by atoms with Gasteiger partial charge in [0.2, 0.25) is 0 Å². The molecule has 0 heterocycles. The minimum absolute atomic E-state index is 0.0776. The molecular formula is C72H80N8O16. The Bertz CT molecular complexity index is 3560. The third kappa shape index (κ3) is 15.6. The molecule has 1 aliphatic carbocycles. The van der Waals surface area contributed by atoms with Gasteiger partial charge in [0, 0.05) is 143 Å². The van der Waals surface area contributed by atoms with Crippen LogP contribution in [0, 0.1) is 40.5 Å². The number of anilines is 4. The van der Waals surface area contributed by atoms with Gasteiger partial charge in [0.1, 0.15) is 95.2 Å². The van der Waals surface area contributed by atoms with Gasteiger partial charge < -0.3 is 59.2 Å². The van der Waals surface area contributed by atoms with Crippen LogP contribution in [0.4, 0.5) is 45.5 Å². The maximum atomic E-state index is 12.1. The molecule has 0 fully saturated rings. The van der Waals surface area contributed by atoms with Crippen LogP contribution in [0.25, 0.3) is 0 Å². The van der Waals surface area contributed by atoms with Crippen molar-refractivity contribution in [2.45, 2.75) is 77.0 Å². The second-order valence-electron chi connectivity index (χ2n) is 22.6. The Morgan fingerprint density at radius 2 is 0.490 bits per heavy atom. The first kappa shape index (κ1) is 69.3. The fraction of sp³-hybridized carbons (Fsp3) is 0.333. The van der Waals surface area contributed by atoms with E-state index in [0.717, 1.165) is 44.5 Å². The molecule has 9 rings (SSSR count). The molecule has 0 aliphatic heterocycles. The number of methoxy groups -OCH3 is 4. The van der Waals surface area contributed by atoms with Gasteiger partial charge >= 0.3 is 0 Å². The third-order valence-electron chi connectivity index (χ3n) is 17.2. The van der Waals surface area contributed by atoms with Crippen molar-refractivity contribution in [1.29, 1.82) is 0 Å². The van der Waals surface area contributed by atoms with Crippen molar-refractivity contribution in [3.8, 4) is 46.0 Å². The van der Waals surface area contributed by atoms with Crippen molar-refractivity contribution in [3.05, 3.63) is 231 Å². The van der Waals surface area contributed by atoms with Crippen LogP contribution in [0.1, 0.15) is 122 Å². The molecule has 4 atom stereocenters. The smallest absolute Gasteiger partial charge is 0.292 e. The highest BCUT2D eigenvalue weighted by Gasteiger charge is 2.34. The molecule has 8 aromatic carbocycles. The van der Waals surface area contributed by atoms with Gasteiger partial charge in [0.05, 0.1) is 48.1 Å². The first-order chi connectivity index (χ1) is 46.6. The molecule has 4 N–H and O–H groups in total. The first-order valence-corrected chi connectivity index (χ1v) is 31.9. The quantitative estimate of drug-likeness (QED) is 0.0173. The number of para-hydroxylation sites is 8. The van der Waals surface area contributed by atoms with E-state index in [-0.39, 0.29) is 75.4 Å². The lowest BCUT2D eigenvalue weighted by Gasteiger charge is -2.31. The van der Waals surface area contributed by atoms with Gasteiger partial charge in [-0.1, -0.05) is 76.2 Å². The second-order valence-corrected chi connectivity index (χ2v) is 22.6. The van der Waals surface area contributed by atoms with Crippen LogP contribution >= 0.6 is 0 Å². The number of nitrogens with zero attached hydrogens (tertiary/aromatic N) is 4. The highest BCUT2D eigenvalue weighted by Crippen LogP contribution is 2.53. The van der Waals surface area contributed by atoms with E-state index < -0.39 is 43.4 Å². The molecule has 8 aromatic rings. The predicted molar refractivity (Wildman–Crippen MR) is 369 cm³/mol. The van der Waals surface area contributed by atoms with Gasteiger partial charge in [-0.05, 0) is 74.2 Å². The van der Waals surface area contributed by atoms with E-state index >= 15 is 0 Å². The molecule has 0 saturated carbocycles. The van der Waals surface area contributed by atoms with E-state index in [1.165, 1.54) is 24.3 Å². The number of nitrogens with one attached hydrogen (secondary N) is 4. The Morgan fingerprint density at radius 3 is 0.667 bits per heavy atom. The summed E-state index contributed by atoms with van der Waals surface area (Å²) in [5.41, 5.74) is 7.29. The maximum absolute atomic E-state index is 12.1. The number of nitro groups is 4. The first-order valence-electron chi connectivity index (χ1n) is 31.9. The Labute approximate surface area is 556 Å². The minimum atomic E-state index is -0.460. The molecule has 0 amide bonds. The molecule has 24 nitrogen and oxygen atoms in total. The average Bonchev–Trinajstić information content (AvgIpc) is 0.753. The molecule has 0 spiro atoms. The molecule has 0 radical (unpaired) electrons. The topological polar surface area (TPSA) is 295 Å². The number of rotatable bonds is 32. The molecule has 0 aromatic heterocycles.